The number of nitrogens with zero attached hydrogens (tertiary/aromatic N) is 1. The summed E-state index contributed by atoms with van der Waals surface area (Å²) in [7, 11) is 0. The highest BCUT2D eigenvalue weighted by molar-refractivity contribution is 5.79. The lowest BCUT2D eigenvalue weighted by molar-refractivity contribution is -0.135. The Morgan fingerprint density at radius 1 is 1.69 bits per heavy atom. The van der Waals surface area contributed by atoms with Gasteiger partial charge in [-0.3, -0.25) is 9.69 Å². The molecule has 0 aromatic rings. The second-order valence-electron chi connectivity index (χ2n) is 3.92. The number of nitrogens with two attached hydrogens (primary N) is 1. The Kier molecular flexibility index (Phi) is 3.69. The van der Waals surface area contributed by atoms with Gasteiger partial charge in [0.1, 0.15) is 6.10 Å². The Morgan fingerprint density at radius 2 is 2.38 bits per heavy atom. The fourth-order valence-electron chi connectivity index (χ4n) is 1.56. The van der Waals surface area contributed by atoms with Crippen LogP contribution in [0, 0.1) is 5.92 Å². The molecule has 1 atom stereocenters. The molecule has 1 saturated heterocycles. The van der Waals surface area contributed by atoms with Crippen molar-refractivity contribution in [2.24, 2.45) is 11.7 Å². The van der Waals surface area contributed by atoms with Crippen LogP contribution in [0.15, 0.2) is 0 Å². The summed E-state index contributed by atoms with van der Waals surface area (Å²) in [6.07, 6.45) is -0.410. The summed E-state index contributed by atoms with van der Waals surface area (Å²) in [5.41, 5.74) is 5.17. The van der Waals surface area contributed by atoms with E-state index in [1.165, 1.54) is 0 Å². The first-order chi connectivity index (χ1) is 6.09. The van der Waals surface area contributed by atoms with E-state index in [0.29, 0.717) is 19.1 Å². The molecule has 2 N–H and O–H groups in total. The van der Waals surface area contributed by atoms with E-state index in [9.17, 15) is 4.79 Å². The van der Waals surface area contributed by atoms with Gasteiger partial charge in [0.25, 0.3) is 0 Å². The van der Waals surface area contributed by atoms with Crippen LogP contribution in [0.25, 0.3) is 0 Å². The van der Waals surface area contributed by atoms with Crippen LogP contribution >= 0.6 is 0 Å². The molecule has 1 heterocycles. The number of amides is 1. The lowest BCUT2D eigenvalue weighted by Crippen LogP contribution is -2.49. The van der Waals surface area contributed by atoms with Gasteiger partial charge >= 0.3 is 0 Å². The van der Waals surface area contributed by atoms with Crippen molar-refractivity contribution in [2.45, 2.75) is 20.0 Å². The minimum Gasteiger partial charge on any atom is -0.367 e. The molecule has 0 bridgehead atoms. The molecular formula is C9H18N2O2. The van der Waals surface area contributed by atoms with Crippen LogP contribution in [0.5, 0.6) is 0 Å². The molecule has 0 spiro atoms. The van der Waals surface area contributed by atoms with E-state index in [2.05, 4.69) is 18.7 Å². The number of morpholine rings is 1. The highest BCUT2D eigenvalue weighted by atomic mass is 16.5. The van der Waals surface area contributed by atoms with E-state index >= 15 is 0 Å². The molecule has 0 radical (unpaired) electrons. The van der Waals surface area contributed by atoms with Crippen LogP contribution < -0.4 is 5.73 Å². The van der Waals surface area contributed by atoms with Gasteiger partial charge in [-0.15, -0.1) is 0 Å². The molecule has 0 saturated carbocycles. The summed E-state index contributed by atoms with van der Waals surface area (Å²) in [5.74, 6) is 0.264. The number of hydrogen-bond acceptors (Lipinski definition) is 3. The number of primary amides is 1. The average molecular weight is 186 g/mol. The Morgan fingerprint density at radius 3 is 2.92 bits per heavy atom. The number of hydrogen-bond donors (Lipinski definition) is 1. The largest absolute Gasteiger partial charge is 0.367 e. The summed E-state index contributed by atoms with van der Waals surface area (Å²) >= 11 is 0. The first-order valence-electron chi connectivity index (χ1n) is 4.73. The van der Waals surface area contributed by atoms with E-state index in [1.807, 2.05) is 0 Å². The van der Waals surface area contributed by atoms with Crippen molar-refractivity contribution in [1.29, 1.82) is 0 Å². The minimum absolute atomic E-state index is 0.353. The predicted octanol–water partition coefficient (Wildman–Crippen LogP) is -0.171. The maximum atomic E-state index is 10.9. The van der Waals surface area contributed by atoms with Gasteiger partial charge in [-0.1, -0.05) is 13.8 Å². The van der Waals surface area contributed by atoms with E-state index in [1.54, 1.807) is 0 Å². The number of carbonyl (C=O) groups is 1. The molecule has 76 valence electrons. The molecule has 0 aromatic heterocycles. The van der Waals surface area contributed by atoms with E-state index in [0.717, 1.165) is 13.1 Å². The van der Waals surface area contributed by atoms with Crippen LogP contribution in [-0.4, -0.2) is 43.2 Å². The minimum atomic E-state index is -0.410. The summed E-state index contributed by atoms with van der Waals surface area (Å²) in [5, 5.41) is 0. The highest BCUT2D eigenvalue weighted by Gasteiger charge is 2.24. The van der Waals surface area contributed by atoms with E-state index < -0.39 is 6.10 Å². The van der Waals surface area contributed by atoms with Crippen molar-refractivity contribution in [3.8, 4) is 0 Å². The van der Waals surface area contributed by atoms with Gasteiger partial charge in [0, 0.05) is 19.6 Å². The molecule has 13 heavy (non-hydrogen) atoms. The Balaban J connectivity index is 2.37. The molecule has 1 amide bonds. The van der Waals surface area contributed by atoms with Gasteiger partial charge in [0.15, 0.2) is 0 Å². The standard InChI is InChI=1S/C9H18N2O2/c1-7(2)5-11-3-4-13-8(6-11)9(10)12/h7-8H,3-6H2,1-2H3,(H2,10,12)/t8-/m0/s1. The van der Waals surface area contributed by atoms with Gasteiger partial charge in [0.05, 0.1) is 6.61 Å². The van der Waals surface area contributed by atoms with Crippen molar-refractivity contribution < 1.29 is 9.53 Å². The van der Waals surface area contributed by atoms with Gasteiger partial charge in [-0.2, -0.15) is 0 Å². The van der Waals surface area contributed by atoms with Gasteiger partial charge in [-0.05, 0) is 5.92 Å². The lowest BCUT2D eigenvalue weighted by Gasteiger charge is -2.32. The summed E-state index contributed by atoms with van der Waals surface area (Å²) < 4.78 is 5.23. The summed E-state index contributed by atoms with van der Waals surface area (Å²) in [6.45, 7) is 7.49. The van der Waals surface area contributed by atoms with E-state index in [-0.39, 0.29) is 5.91 Å². The monoisotopic (exact) mass is 186 g/mol. The Labute approximate surface area is 79.0 Å². The maximum absolute atomic E-state index is 10.9. The first-order valence-corrected chi connectivity index (χ1v) is 4.73. The zero-order chi connectivity index (χ0) is 9.84. The molecule has 1 rings (SSSR count). The lowest BCUT2D eigenvalue weighted by atomic mass is 10.2. The molecular weight excluding hydrogens is 168 g/mol. The number of carbonyl (C=O) groups excluding carboxylic acids is 1. The highest BCUT2D eigenvalue weighted by Crippen LogP contribution is 2.07. The van der Waals surface area contributed by atoms with Crippen molar-refractivity contribution in [3.05, 3.63) is 0 Å². The SMILES string of the molecule is CC(C)CN1CCO[C@H](C(N)=O)C1. The molecule has 4 nitrogen and oxygen atoms in total. The van der Waals surface area contributed by atoms with Crippen molar-refractivity contribution >= 4 is 5.91 Å². The van der Waals surface area contributed by atoms with Crippen LogP contribution in [0.4, 0.5) is 0 Å². The smallest absolute Gasteiger partial charge is 0.247 e. The predicted molar refractivity (Wildman–Crippen MR) is 50.2 cm³/mol. The topological polar surface area (TPSA) is 55.6 Å². The second-order valence-corrected chi connectivity index (χ2v) is 3.92. The molecule has 1 aliphatic rings. The van der Waals surface area contributed by atoms with Gasteiger partial charge < -0.3 is 10.5 Å². The maximum Gasteiger partial charge on any atom is 0.247 e. The van der Waals surface area contributed by atoms with Crippen LogP contribution in [0.1, 0.15) is 13.8 Å². The third kappa shape index (κ3) is 3.32. The van der Waals surface area contributed by atoms with Crippen molar-refractivity contribution in [1.82, 2.24) is 4.90 Å². The number of ether oxygens (including phenoxy) is 1. The number of rotatable bonds is 3. The molecule has 0 aliphatic carbocycles. The fourth-order valence-corrected chi connectivity index (χ4v) is 1.56. The molecule has 4 heteroatoms. The second kappa shape index (κ2) is 4.58. The zero-order valence-corrected chi connectivity index (χ0v) is 8.32. The van der Waals surface area contributed by atoms with Crippen molar-refractivity contribution in [2.75, 3.05) is 26.2 Å². The summed E-state index contributed by atoms with van der Waals surface area (Å²) in [6, 6.07) is 0. The zero-order valence-electron chi connectivity index (χ0n) is 8.32. The molecule has 1 aliphatic heterocycles. The van der Waals surface area contributed by atoms with Crippen LogP contribution in [0.2, 0.25) is 0 Å². The first kappa shape index (κ1) is 10.5. The van der Waals surface area contributed by atoms with Gasteiger partial charge in [0.2, 0.25) is 5.91 Å². The van der Waals surface area contributed by atoms with Crippen molar-refractivity contribution in [3.63, 3.8) is 0 Å². The molecule has 1 fully saturated rings. The molecule has 0 aromatic carbocycles. The fraction of sp³-hybridized carbons (Fsp3) is 0.889. The third-order valence-corrected chi connectivity index (χ3v) is 2.09. The van der Waals surface area contributed by atoms with Crippen LogP contribution in [-0.2, 0) is 9.53 Å². The average Bonchev–Trinajstić information content (AvgIpc) is 2.03. The van der Waals surface area contributed by atoms with Gasteiger partial charge in [-0.25, -0.2) is 0 Å². The van der Waals surface area contributed by atoms with E-state index in [4.69, 9.17) is 10.5 Å². The quantitative estimate of drug-likeness (QED) is 0.665. The normalized spacial score (nSPS) is 25.0. The summed E-state index contributed by atoms with van der Waals surface area (Å²) in [4.78, 5) is 13.1. The van der Waals surface area contributed by atoms with Crippen LogP contribution in [0.3, 0.4) is 0 Å². The third-order valence-electron chi connectivity index (χ3n) is 2.09. The molecule has 0 unspecified atom stereocenters. The Bertz CT molecular complexity index is 182. The Hall–Kier alpha value is -0.610.